The highest BCUT2D eigenvalue weighted by Gasteiger charge is 2.11. The monoisotopic (exact) mass is 286 g/mol. The number of hydrogen-bond donors (Lipinski definition) is 3. The highest BCUT2D eigenvalue weighted by Crippen LogP contribution is 2.20. The topological polar surface area (TPSA) is 69.8 Å². The molecule has 0 bridgehead atoms. The molecule has 0 fully saturated rings. The van der Waals surface area contributed by atoms with Crippen molar-refractivity contribution in [1.29, 1.82) is 0 Å². The van der Waals surface area contributed by atoms with Crippen LogP contribution in [0.5, 0.6) is 0 Å². The molecule has 3 N–H and O–H groups in total. The SMILES string of the molecule is Cc1cc(-c2ccc(NC(=O)NCC(C)(C)C)cc2)n[nH]1. The number of H-pyrrole nitrogens is 1. The molecule has 21 heavy (non-hydrogen) atoms. The molecule has 0 aliphatic heterocycles. The van der Waals surface area contributed by atoms with Crippen LogP contribution in [0.25, 0.3) is 11.3 Å². The molecular formula is C16H22N4O. The number of hydrogen-bond acceptors (Lipinski definition) is 2. The van der Waals surface area contributed by atoms with Crippen LogP contribution in [0.15, 0.2) is 30.3 Å². The van der Waals surface area contributed by atoms with E-state index in [9.17, 15) is 4.79 Å². The van der Waals surface area contributed by atoms with Crippen LogP contribution in [0.1, 0.15) is 26.5 Å². The molecule has 5 nitrogen and oxygen atoms in total. The van der Waals surface area contributed by atoms with Gasteiger partial charge in [0.2, 0.25) is 0 Å². The summed E-state index contributed by atoms with van der Waals surface area (Å²) in [5, 5.41) is 12.8. The number of benzene rings is 1. The zero-order valence-corrected chi connectivity index (χ0v) is 12.9. The van der Waals surface area contributed by atoms with Gasteiger partial charge < -0.3 is 10.6 Å². The Morgan fingerprint density at radius 2 is 1.90 bits per heavy atom. The fourth-order valence-corrected chi connectivity index (χ4v) is 1.81. The van der Waals surface area contributed by atoms with Crippen LogP contribution >= 0.6 is 0 Å². The van der Waals surface area contributed by atoms with E-state index in [2.05, 4.69) is 41.6 Å². The fourth-order valence-electron chi connectivity index (χ4n) is 1.81. The molecule has 0 saturated carbocycles. The van der Waals surface area contributed by atoms with Crippen molar-refractivity contribution in [2.45, 2.75) is 27.7 Å². The van der Waals surface area contributed by atoms with Gasteiger partial charge in [0.05, 0.1) is 5.69 Å². The lowest BCUT2D eigenvalue weighted by Gasteiger charge is -2.18. The van der Waals surface area contributed by atoms with Crippen LogP contribution in [0.2, 0.25) is 0 Å². The Hall–Kier alpha value is -2.30. The summed E-state index contributed by atoms with van der Waals surface area (Å²) >= 11 is 0. The number of rotatable bonds is 3. The molecule has 1 aromatic heterocycles. The first-order chi connectivity index (χ1) is 9.83. The molecular weight excluding hydrogens is 264 g/mol. The summed E-state index contributed by atoms with van der Waals surface area (Å²) in [6, 6.07) is 9.42. The first-order valence-electron chi connectivity index (χ1n) is 7.01. The van der Waals surface area contributed by atoms with Crippen molar-refractivity contribution in [2.75, 3.05) is 11.9 Å². The van der Waals surface area contributed by atoms with Crippen LogP contribution in [0, 0.1) is 12.3 Å². The number of nitrogens with one attached hydrogen (secondary N) is 3. The fraction of sp³-hybridized carbons (Fsp3) is 0.375. The summed E-state index contributed by atoms with van der Waals surface area (Å²) in [5.74, 6) is 0. The minimum atomic E-state index is -0.187. The number of aryl methyl sites for hydroxylation is 1. The van der Waals surface area contributed by atoms with Gasteiger partial charge in [0, 0.05) is 23.5 Å². The number of aromatic nitrogens is 2. The predicted molar refractivity (Wildman–Crippen MR) is 85.2 cm³/mol. The molecule has 1 heterocycles. The summed E-state index contributed by atoms with van der Waals surface area (Å²) in [6.45, 7) is 8.82. The molecule has 112 valence electrons. The lowest BCUT2D eigenvalue weighted by atomic mass is 9.97. The van der Waals surface area contributed by atoms with Crippen molar-refractivity contribution in [1.82, 2.24) is 15.5 Å². The molecule has 2 rings (SSSR count). The first-order valence-corrected chi connectivity index (χ1v) is 7.01. The predicted octanol–water partition coefficient (Wildman–Crippen LogP) is 3.55. The van der Waals surface area contributed by atoms with Crippen molar-refractivity contribution >= 4 is 11.7 Å². The van der Waals surface area contributed by atoms with Gasteiger partial charge in [0.1, 0.15) is 0 Å². The number of nitrogens with zero attached hydrogens (tertiary/aromatic N) is 1. The van der Waals surface area contributed by atoms with E-state index in [0.29, 0.717) is 6.54 Å². The van der Waals surface area contributed by atoms with E-state index in [1.807, 2.05) is 37.3 Å². The van der Waals surface area contributed by atoms with Crippen molar-refractivity contribution in [3.05, 3.63) is 36.0 Å². The second-order valence-electron chi connectivity index (χ2n) is 6.38. The third-order valence-electron chi connectivity index (χ3n) is 2.92. The number of amides is 2. The van der Waals surface area contributed by atoms with Gasteiger partial charge in [-0.25, -0.2) is 4.79 Å². The molecule has 2 aromatic rings. The number of aromatic amines is 1. The van der Waals surface area contributed by atoms with Crippen molar-refractivity contribution in [2.24, 2.45) is 5.41 Å². The molecule has 0 unspecified atom stereocenters. The quantitative estimate of drug-likeness (QED) is 0.807. The Morgan fingerprint density at radius 1 is 1.24 bits per heavy atom. The molecule has 2 amide bonds. The minimum absolute atomic E-state index is 0.0685. The summed E-state index contributed by atoms with van der Waals surface area (Å²) in [4.78, 5) is 11.8. The smallest absolute Gasteiger partial charge is 0.319 e. The normalized spacial score (nSPS) is 11.2. The lowest BCUT2D eigenvalue weighted by molar-refractivity contribution is 0.247. The van der Waals surface area contributed by atoms with E-state index < -0.39 is 0 Å². The van der Waals surface area contributed by atoms with Crippen molar-refractivity contribution < 1.29 is 4.79 Å². The van der Waals surface area contributed by atoms with Gasteiger partial charge >= 0.3 is 6.03 Å². The summed E-state index contributed by atoms with van der Waals surface area (Å²) in [7, 11) is 0. The highest BCUT2D eigenvalue weighted by molar-refractivity contribution is 5.89. The van der Waals surface area contributed by atoms with Gasteiger partial charge in [-0.15, -0.1) is 0 Å². The van der Waals surface area contributed by atoms with Gasteiger partial charge in [-0.05, 0) is 30.5 Å². The number of anilines is 1. The zero-order valence-electron chi connectivity index (χ0n) is 12.9. The molecule has 5 heteroatoms. The van der Waals surface area contributed by atoms with Crippen LogP contribution < -0.4 is 10.6 Å². The third kappa shape index (κ3) is 4.63. The molecule has 0 saturated heterocycles. The average molecular weight is 286 g/mol. The second-order valence-corrected chi connectivity index (χ2v) is 6.38. The van der Waals surface area contributed by atoms with E-state index in [-0.39, 0.29) is 11.4 Å². The Morgan fingerprint density at radius 3 is 2.43 bits per heavy atom. The van der Waals surface area contributed by atoms with E-state index in [1.165, 1.54) is 0 Å². The first kappa shape index (κ1) is 15.1. The molecule has 1 aromatic carbocycles. The maximum atomic E-state index is 11.8. The van der Waals surface area contributed by atoms with E-state index >= 15 is 0 Å². The Kier molecular flexibility index (Phi) is 4.31. The Balaban J connectivity index is 1.95. The average Bonchev–Trinajstić information content (AvgIpc) is 2.83. The van der Waals surface area contributed by atoms with E-state index in [0.717, 1.165) is 22.6 Å². The number of urea groups is 1. The van der Waals surface area contributed by atoms with Crippen LogP contribution in [0.4, 0.5) is 10.5 Å². The molecule has 0 spiro atoms. The Bertz CT molecular complexity index is 608. The molecule has 0 atom stereocenters. The van der Waals surface area contributed by atoms with Crippen LogP contribution in [-0.4, -0.2) is 22.8 Å². The van der Waals surface area contributed by atoms with Gasteiger partial charge in [0.15, 0.2) is 0 Å². The summed E-state index contributed by atoms with van der Waals surface area (Å²) in [5.41, 5.74) is 3.77. The highest BCUT2D eigenvalue weighted by atomic mass is 16.2. The standard InChI is InChI=1S/C16H22N4O/c1-11-9-14(20-19-11)12-5-7-13(8-6-12)18-15(21)17-10-16(2,3)4/h5-9H,10H2,1-4H3,(H,19,20)(H2,17,18,21). The lowest BCUT2D eigenvalue weighted by Crippen LogP contribution is -2.35. The largest absolute Gasteiger partial charge is 0.337 e. The Labute approximate surface area is 125 Å². The summed E-state index contributed by atoms with van der Waals surface area (Å²) < 4.78 is 0. The molecule has 0 radical (unpaired) electrons. The van der Waals surface area contributed by atoms with Crippen molar-refractivity contribution in [3.63, 3.8) is 0 Å². The summed E-state index contributed by atoms with van der Waals surface area (Å²) in [6.07, 6.45) is 0. The van der Waals surface area contributed by atoms with E-state index in [4.69, 9.17) is 0 Å². The zero-order chi connectivity index (χ0) is 15.5. The van der Waals surface area contributed by atoms with Crippen LogP contribution in [0.3, 0.4) is 0 Å². The maximum absolute atomic E-state index is 11.8. The van der Waals surface area contributed by atoms with Crippen molar-refractivity contribution in [3.8, 4) is 11.3 Å². The molecule has 0 aliphatic carbocycles. The van der Waals surface area contributed by atoms with E-state index in [1.54, 1.807) is 0 Å². The van der Waals surface area contributed by atoms with Gasteiger partial charge in [0.25, 0.3) is 0 Å². The molecule has 0 aliphatic rings. The number of carbonyl (C=O) groups excluding carboxylic acids is 1. The number of carbonyl (C=O) groups is 1. The second kappa shape index (κ2) is 5.99. The van der Waals surface area contributed by atoms with Gasteiger partial charge in [-0.3, -0.25) is 5.10 Å². The minimum Gasteiger partial charge on any atom is -0.337 e. The van der Waals surface area contributed by atoms with Crippen LogP contribution in [-0.2, 0) is 0 Å². The third-order valence-corrected chi connectivity index (χ3v) is 2.92. The van der Waals surface area contributed by atoms with Gasteiger partial charge in [-0.1, -0.05) is 32.9 Å². The van der Waals surface area contributed by atoms with Gasteiger partial charge in [-0.2, -0.15) is 5.10 Å². The maximum Gasteiger partial charge on any atom is 0.319 e.